The second-order valence-corrected chi connectivity index (χ2v) is 8.12. The highest BCUT2D eigenvalue weighted by Gasteiger charge is 2.37. The van der Waals surface area contributed by atoms with Crippen molar-refractivity contribution in [3.63, 3.8) is 0 Å². The number of aryl methyl sites for hydroxylation is 2. The minimum atomic E-state index is -0.654. The Balaban J connectivity index is 1.30. The van der Waals surface area contributed by atoms with Crippen LogP contribution < -0.4 is 9.64 Å². The van der Waals surface area contributed by atoms with Crippen molar-refractivity contribution in [3.05, 3.63) is 83.3 Å². The number of rotatable bonds is 7. The van der Waals surface area contributed by atoms with E-state index in [9.17, 15) is 19.2 Å². The summed E-state index contributed by atoms with van der Waals surface area (Å²) in [6, 6.07) is 14.7. The minimum absolute atomic E-state index is 0.0378. The van der Waals surface area contributed by atoms with Crippen LogP contribution >= 0.6 is 0 Å². The van der Waals surface area contributed by atoms with Gasteiger partial charge >= 0.3 is 11.9 Å². The number of carbonyl (C=O) groups excluding carboxylic acids is 4. The van der Waals surface area contributed by atoms with E-state index >= 15 is 0 Å². The SMILES string of the molecule is Cc1ccc(C)c(N2CC(C(=O)OCC(=O)c3ccc(OC(=O)c4ccco4)cc3)CC2=O)c1. The largest absolute Gasteiger partial charge is 0.457 e. The predicted molar refractivity (Wildman–Crippen MR) is 122 cm³/mol. The molecule has 1 aliphatic heterocycles. The Morgan fingerprint density at radius 2 is 1.82 bits per heavy atom. The van der Waals surface area contributed by atoms with Gasteiger partial charge in [-0.3, -0.25) is 14.4 Å². The van der Waals surface area contributed by atoms with E-state index in [1.165, 1.54) is 36.6 Å². The standard InChI is InChI=1S/C26H23NO7/c1-16-5-6-17(2)21(12-16)27-14-19(13-24(27)29)25(30)33-15-22(28)18-7-9-20(10-8-18)34-26(31)23-4-3-11-32-23/h3-12,19H,13-15H2,1-2H3. The van der Waals surface area contributed by atoms with Crippen molar-refractivity contribution in [2.75, 3.05) is 18.1 Å². The molecule has 0 bridgehead atoms. The van der Waals surface area contributed by atoms with E-state index in [2.05, 4.69) is 0 Å². The highest BCUT2D eigenvalue weighted by Crippen LogP contribution is 2.29. The lowest BCUT2D eigenvalue weighted by molar-refractivity contribution is -0.147. The number of nitrogens with zero attached hydrogens (tertiary/aromatic N) is 1. The average molecular weight is 461 g/mol. The molecule has 1 saturated heterocycles. The summed E-state index contributed by atoms with van der Waals surface area (Å²) >= 11 is 0. The molecule has 1 aliphatic rings. The lowest BCUT2D eigenvalue weighted by Gasteiger charge is -2.19. The van der Waals surface area contributed by atoms with E-state index in [0.29, 0.717) is 5.56 Å². The van der Waals surface area contributed by atoms with E-state index < -0.39 is 30.2 Å². The monoisotopic (exact) mass is 461 g/mol. The van der Waals surface area contributed by atoms with Crippen LogP contribution in [0.25, 0.3) is 0 Å². The van der Waals surface area contributed by atoms with Gasteiger partial charge in [-0.2, -0.15) is 0 Å². The Kier molecular flexibility index (Phi) is 6.58. The molecule has 0 saturated carbocycles. The number of amides is 1. The molecule has 0 N–H and O–H groups in total. The Bertz CT molecular complexity index is 1230. The highest BCUT2D eigenvalue weighted by atomic mass is 16.5. The molecule has 34 heavy (non-hydrogen) atoms. The van der Waals surface area contributed by atoms with Crippen LogP contribution in [-0.2, 0) is 14.3 Å². The van der Waals surface area contributed by atoms with Crippen molar-refractivity contribution >= 4 is 29.3 Å². The Labute approximate surface area is 196 Å². The topological polar surface area (TPSA) is 103 Å². The van der Waals surface area contributed by atoms with Crippen molar-refractivity contribution in [1.29, 1.82) is 0 Å². The summed E-state index contributed by atoms with van der Waals surface area (Å²) in [5, 5.41) is 0. The molecule has 4 rings (SSSR count). The quantitative estimate of drug-likeness (QED) is 0.299. The van der Waals surface area contributed by atoms with E-state index in [1.807, 2.05) is 32.0 Å². The normalized spacial score (nSPS) is 15.3. The van der Waals surface area contributed by atoms with E-state index in [-0.39, 0.29) is 30.4 Å². The van der Waals surface area contributed by atoms with Crippen molar-refractivity contribution in [1.82, 2.24) is 0 Å². The third-order valence-electron chi connectivity index (χ3n) is 5.57. The summed E-state index contributed by atoms with van der Waals surface area (Å²) in [4.78, 5) is 51.0. The molecule has 1 atom stereocenters. The van der Waals surface area contributed by atoms with Crippen molar-refractivity contribution in [2.24, 2.45) is 5.92 Å². The third kappa shape index (κ3) is 5.06. The van der Waals surface area contributed by atoms with Crippen molar-refractivity contribution in [3.8, 4) is 5.75 Å². The molecule has 1 aromatic heterocycles. The van der Waals surface area contributed by atoms with E-state index in [1.54, 1.807) is 11.0 Å². The fourth-order valence-corrected chi connectivity index (χ4v) is 3.71. The van der Waals surface area contributed by atoms with Crippen LogP contribution in [0.5, 0.6) is 5.75 Å². The summed E-state index contributed by atoms with van der Waals surface area (Å²) in [5.41, 5.74) is 3.04. The maximum atomic E-state index is 12.5. The Morgan fingerprint density at radius 1 is 1.06 bits per heavy atom. The van der Waals surface area contributed by atoms with Crippen LogP contribution in [0.15, 0.2) is 65.3 Å². The zero-order valence-corrected chi connectivity index (χ0v) is 18.8. The fourth-order valence-electron chi connectivity index (χ4n) is 3.71. The zero-order valence-electron chi connectivity index (χ0n) is 18.8. The van der Waals surface area contributed by atoms with Gasteiger partial charge in [-0.15, -0.1) is 0 Å². The molecule has 0 radical (unpaired) electrons. The number of benzene rings is 2. The summed E-state index contributed by atoms with van der Waals surface area (Å²) in [6.45, 7) is 3.62. The minimum Gasteiger partial charge on any atom is -0.457 e. The number of esters is 2. The molecular formula is C26H23NO7. The molecule has 8 heteroatoms. The number of Topliss-reactive ketones (excluding diaryl/α,β-unsaturated/α-hetero) is 1. The van der Waals surface area contributed by atoms with Gasteiger partial charge < -0.3 is 18.8 Å². The first kappa shape index (κ1) is 23.0. The molecule has 0 aliphatic carbocycles. The maximum absolute atomic E-state index is 12.5. The number of carbonyl (C=O) groups is 4. The van der Waals surface area contributed by atoms with Gasteiger partial charge in [0, 0.05) is 24.2 Å². The fraction of sp³-hybridized carbons (Fsp3) is 0.231. The average Bonchev–Trinajstić information content (AvgIpc) is 3.50. The summed E-state index contributed by atoms with van der Waals surface area (Å²) in [7, 11) is 0. The number of hydrogen-bond acceptors (Lipinski definition) is 7. The molecule has 2 aromatic carbocycles. The first-order chi connectivity index (χ1) is 16.3. The summed E-state index contributed by atoms with van der Waals surface area (Å²) in [5.74, 6) is -2.13. The summed E-state index contributed by atoms with van der Waals surface area (Å²) < 4.78 is 15.3. The Morgan fingerprint density at radius 3 is 2.53 bits per heavy atom. The van der Waals surface area contributed by atoms with Gasteiger partial charge in [0.05, 0.1) is 12.2 Å². The number of furan rings is 1. The van der Waals surface area contributed by atoms with Crippen LogP contribution in [-0.4, -0.2) is 36.8 Å². The van der Waals surface area contributed by atoms with Gasteiger partial charge in [-0.25, -0.2) is 4.79 Å². The number of ether oxygens (including phenoxy) is 2. The van der Waals surface area contributed by atoms with Gasteiger partial charge in [0.25, 0.3) is 0 Å². The van der Waals surface area contributed by atoms with Crippen molar-refractivity contribution in [2.45, 2.75) is 20.3 Å². The van der Waals surface area contributed by atoms with Crippen molar-refractivity contribution < 1.29 is 33.1 Å². The molecule has 1 unspecified atom stereocenters. The maximum Gasteiger partial charge on any atom is 0.379 e. The smallest absolute Gasteiger partial charge is 0.379 e. The highest BCUT2D eigenvalue weighted by molar-refractivity contribution is 6.01. The second kappa shape index (κ2) is 9.74. The summed E-state index contributed by atoms with van der Waals surface area (Å²) in [6.07, 6.45) is 1.40. The second-order valence-electron chi connectivity index (χ2n) is 8.12. The van der Waals surface area contributed by atoms with Gasteiger partial charge in [0.2, 0.25) is 11.7 Å². The number of hydrogen-bond donors (Lipinski definition) is 0. The van der Waals surface area contributed by atoms with Gasteiger partial charge in [-0.1, -0.05) is 12.1 Å². The molecule has 8 nitrogen and oxygen atoms in total. The third-order valence-corrected chi connectivity index (χ3v) is 5.57. The zero-order chi connectivity index (χ0) is 24.2. The molecule has 3 aromatic rings. The molecule has 1 amide bonds. The van der Waals surface area contributed by atoms with E-state index in [4.69, 9.17) is 13.9 Å². The van der Waals surface area contributed by atoms with Gasteiger partial charge in [0.1, 0.15) is 5.75 Å². The van der Waals surface area contributed by atoms with E-state index in [0.717, 1.165) is 16.8 Å². The van der Waals surface area contributed by atoms with Crippen LogP contribution in [0.2, 0.25) is 0 Å². The van der Waals surface area contributed by atoms with Gasteiger partial charge in [-0.05, 0) is 67.4 Å². The lowest BCUT2D eigenvalue weighted by Crippen LogP contribution is -2.27. The molecule has 174 valence electrons. The first-order valence-corrected chi connectivity index (χ1v) is 10.7. The van der Waals surface area contributed by atoms with Crippen LogP contribution in [0.3, 0.4) is 0 Å². The Hall–Kier alpha value is -4.20. The van der Waals surface area contributed by atoms with Gasteiger partial charge in [0.15, 0.2) is 12.4 Å². The lowest BCUT2D eigenvalue weighted by atomic mass is 10.1. The molecule has 2 heterocycles. The molecule has 1 fully saturated rings. The van der Waals surface area contributed by atoms with Crippen LogP contribution in [0.4, 0.5) is 5.69 Å². The molecule has 0 spiro atoms. The predicted octanol–water partition coefficient (Wildman–Crippen LogP) is 3.89. The first-order valence-electron chi connectivity index (χ1n) is 10.7. The number of anilines is 1. The van der Waals surface area contributed by atoms with Crippen LogP contribution in [0.1, 0.15) is 38.5 Å². The molecular weight excluding hydrogens is 438 g/mol. The van der Waals surface area contributed by atoms with Crippen LogP contribution in [0, 0.1) is 19.8 Å². The number of ketones is 1.